The third-order valence-corrected chi connectivity index (χ3v) is 5.44. The second kappa shape index (κ2) is 5.92. The molecular weight excluding hydrogens is 316 g/mol. The van der Waals surface area contributed by atoms with E-state index in [9.17, 15) is 4.79 Å². The maximum atomic E-state index is 12.8. The number of halogens is 1. The molecule has 0 bridgehead atoms. The number of amides is 1. The number of aromatic nitrogens is 1. The van der Waals surface area contributed by atoms with Crippen molar-refractivity contribution in [3.8, 4) is 0 Å². The molecule has 0 N–H and O–H groups in total. The predicted molar refractivity (Wildman–Crippen MR) is 83.8 cm³/mol. The number of fused-ring (bicyclic) bond motifs is 1. The minimum atomic E-state index is 0.210. The number of likely N-dealkylation sites (tertiary alicyclic amines) is 1. The Morgan fingerprint density at radius 2 is 2.05 bits per heavy atom. The third kappa shape index (κ3) is 2.67. The molecule has 110 valence electrons. The summed E-state index contributed by atoms with van der Waals surface area (Å²) in [5, 5.41) is 0. The number of hydrogen-bond donors (Lipinski definition) is 0. The Bertz CT molecular complexity index is 497. The van der Waals surface area contributed by atoms with Crippen molar-refractivity contribution in [2.45, 2.75) is 45.6 Å². The molecule has 2 atom stereocenters. The summed E-state index contributed by atoms with van der Waals surface area (Å²) in [5.74, 6) is 1.83. The maximum absolute atomic E-state index is 12.8. The van der Waals surface area contributed by atoms with Crippen molar-refractivity contribution >= 4 is 21.8 Å². The molecule has 1 aliphatic heterocycles. The molecule has 2 heterocycles. The Morgan fingerprint density at radius 1 is 1.30 bits per heavy atom. The lowest BCUT2D eigenvalue weighted by Gasteiger charge is -2.41. The quantitative estimate of drug-likeness (QED) is 0.802. The lowest BCUT2D eigenvalue weighted by molar-refractivity contribution is 0.0511. The van der Waals surface area contributed by atoms with E-state index in [1.165, 1.54) is 32.1 Å². The largest absolute Gasteiger partial charge is 0.343 e. The van der Waals surface area contributed by atoms with Gasteiger partial charge in [-0.2, -0.15) is 0 Å². The van der Waals surface area contributed by atoms with Gasteiger partial charge in [-0.25, -0.2) is 0 Å². The summed E-state index contributed by atoms with van der Waals surface area (Å²) in [6, 6.07) is 1.96. The first-order chi connectivity index (χ1) is 9.69. The van der Waals surface area contributed by atoms with Gasteiger partial charge in [-0.3, -0.25) is 4.79 Å². The van der Waals surface area contributed by atoms with Crippen molar-refractivity contribution in [2.24, 2.45) is 11.8 Å². The molecule has 2 unspecified atom stereocenters. The van der Waals surface area contributed by atoms with Crippen LogP contribution in [0.4, 0.5) is 0 Å². The number of rotatable bonds is 2. The summed E-state index contributed by atoms with van der Waals surface area (Å²) < 4.78 is 3.04. The molecule has 1 saturated carbocycles. The van der Waals surface area contributed by atoms with Crippen molar-refractivity contribution in [1.29, 1.82) is 0 Å². The van der Waals surface area contributed by atoms with Gasteiger partial charge in [0.15, 0.2) is 0 Å². The fourth-order valence-electron chi connectivity index (χ4n) is 3.86. The maximum Gasteiger partial charge on any atom is 0.270 e. The second-order valence-corrected chi connectivity index (χ2v) is 7.09. The predicted octanol–water partition coefficient (Wildman–Crippen LogP) is 3.92. The summed E-state index contributed by atoms with van der Waals surface area (Å²) >= 11 is 3.48. The molecule has 0 radical (unpaired) electrons. The summed E-state index contributed by atoms with van der Waals surface area (Å²) in [4.78, 5) is 14.8. The van der Waals surface area contributed by atoms with E-state index in [0.717, 1.165) is 41.6 Å². The minimum absolute atomic E-state index is 0.210. The van der Waals surface area contributed by atoms with E-state index in [-0.39, 0.29) is 5.91 Å². The minimum Gasteiger partial charge on any atom is -0.343 e. The highest BCUT2D eigenvalue weighted by molar-refractivity contribution is 9.10. The molecule has 2 aliphatic rings. The van der Waals surface area contributed by atoms with Gasteiger partial charge < -0.3 is 9.47 Å². The first-order valence-electron chi connectivity index (χ1n) is 7.84. The van der Waals surface area contributed by atoms with Crippen LogP contribution >= 0.6 is 15.9 Å². The van der Waals surface area contributed by atoms with Gasteiger partial charge >= 0.3 is 0 Å². The number of nitrogens with zero attached hydrogens (tertiary/aromatic N) is 2. The number of piperidine rings is 1. The molecular formula is C16H23BrN2O. The van der Waals surface area contributed by atoms with Gasteiger partial charge in [0.25, 0.3) is 5.91 Å². The zero-order valence-corrected chi connectivity index (χ0v) is 13.7. The Balaban J connectivity index is 1.74. The van der Waals surface area contributed by atoms with E-state index in [1.54, 1.807) is 0 Å². The molecule has 2 fully saturated rings. The molecule has 3 nitrogen and oxygen atoms in total. The first kappa shape index (κ1) is 14.2. The van der Waals surface area contributed by atoms with Gasteiger partial charge in [0, 0.05) is 30.3 Å². The standard InChI is InChI=1S/C16H23BrN2O/c1-2-18-11-14(17)9-15(18)16(20)19-8-7-12-5-3-4-6-13(12)10-19/h9,11-13H,2-8,10H2,1H3. The van der Waals surface area contributed by atoms with Crippen LogP contribution in [-0.4, -0.2) is 28.5 Å². The summed E-state index contributed by atoms with van der Waals surface area (Å²) in [6.07, 6.45) is 8.63. The van der Waals surface area contributed by atoms with Gasteiger partial charge in [-0.1, -0.05) is 19.3 Å². The second-order valence-electron chi connectivity index (χ2n) is 6.17. The van der Waals surface area contributed by atoms with E-state index in [4.69, 9.17) is 0 Å². The Morgan fingerprint density at radius 3 is 2.80 bits per heavy atom. The zero-order chi connectivity index (χ0) is 14.1. The van der Waals surface area contributed by atoms with E-state index in [2.05, 4.69) is 27.8 Å². The van der Waals surface area contributed by atoms with Gasteiger partial charge in [-0.15, -0.1) is 0 Å². The van der Waals surface area contributed by atoms with Crippen LogP contribution in [0.3, 0.4) is 0 Å². The van der Waals surface area contributed by atoms with Crippen LogP contribution in [0.5, 0.6) is 0 Å². The molecule has 0 aromatic carbocycles. The molecule has 3 rings (SSSR count). The van der Waals surface area contributed by atoms with Gasteiger partial charge in [0.05, 0.1) is 0 Å². The van der Waals surface area contributed by atoms with Crippen LogP contribution < -0.4 is 0 Å². The summed E-state index contributed by atoms with van der Waals surface area (Å²) in [7, 11) is 0. The van der Waals surface area contributed by atoms with E-state index < -0.39 is 0 Å². The highest BCUT2D eigenvalue weighted by Gasteiger charge is 2.33. The van der Waals surface area contributed by atoms with Crippen LogP contribution in [-0.2, 0) is 6.54 Å². The summed E-state index contributed by atoms with van der Waals surface area (Å²) in [6.45, 7) is 4.83. The van der Waals surface area contributed by atoms with Crippen molar-refractivity contribution in [3.05, 3.63) is 22.4 Å². The van der Waals surface area contributed by atoms with Crippen LogP contribution in [0.15, 0.2) is 16.7 Å². The molecule has 1 aromatic heterocycles. The molecule has 1 aromatic rings. The smallest absolute Gasteiger partial charge is 0.270 e. The highest BCUT2D eigenvalue weighted by Crippen LogP contribution is 2.36. The molecule has 1 amide bonds. The van der Waals surface area contributed by atoms with Crippen LogP contribution in [0.1, 0.15) is 49.5 Å². The number of hydrogen-bond acceptors (Lipinski definition) is 1. The molecule has 1 saturated heterocycles. The topological polar surface area (TPSA) is 25.2 Å². The zero-order valence-electron chi connectivity index (χ0n) is 12.1. The van der Waals surface area contributed by atoms with Crippen LogP contribution in [0.25, 0.3) is 0 Å². The first-order valence-corrected chi connectivity index (χ1v) is 8.63. The molecule has 20 heavy (non-hydrogen) atoms. The number of aryl methyl sites for hydroxylation is 1. The third-order valence-electron chi connectivity index (χ3n) is 5.00. The number of carbonyl (C=O) groups is 1. The molecule has 4 heteroatoms. The Kier molecular flexibility index (Phi) is 4.20. The van der Waals surface area contributed by atoms with Crippen LogP contribution in [0, 0.1) is 11.8 Å². The summed E-state index contributed by atoms with van der Waals surface area (Å²) in [5.41, 5.74) is 0.827. The Hall–Kier alpha value is -0.770. The average molecular weight is 339 g/mol. The van der Waals surface area contributed by atoms with Crippen molar-refractivity contribution in [2.75, 3.05) is 13.1 Å². The Labute approximate surface area is 129 Å². The van der Waals surface area contributed by atoms with Gasteiger partial charge in [-0.05, 0) is 53.6 Å². The van der Waals surface area contributed by atoms with E-state index in [0.29, 0.717) is 0 Å². The normalized spacial score (nSPS) is 26.4. The van der Waals surface area contributed by atoms with Crippen LogP contribution in [0.2, 0.25) is 0 Å². The van der Waals surface area contributed by atoms with Crippen molar-refractivity contribution in [1.82, 2.24) is 9.47 Å². The monoisotopic (exact) mass is 338 g/mol. The van der Waals surface area contributed by atoms with E-state index in [1.807, 2.05) is 16.8 Å². The van der Waals surface area contributed by atoms with Gasteiger partial charge in [0.2, 0.25) is 0 Å². The number of carbonyl (C=O) groups excluding carboxylic acids is 1. The molecule has 1 aliphatic carbocycles. The van der Waals surface area contributed by atoms with Crippen molar-refractivity contribution < 1.29 is 4.79 Å². The van der Waals surface area contributed by atoms with Gasteiger partial charge in [0.1, 0.15) is 5.69 Å². The average Bonchev–Trinajstić information content (AvgIpc) is 2.87. The highest BCUT2D eigenvalue weighted by atomic mass is 79.9. The molecule has 0 spiro atoms. The lowest BCUT2D eigenvalue weighted by Crippen LogP contribution is -2.45. The van der Waals surface area contributed by atoms with Crippen molar-refractivity contribution in [3.63, 3.8) is 0 Å². The SMILES string of the molecule is CCn1cc(Br)cc1C(=O)N1CCC2CCCCC2C1. The fourth-order valence-corrected chi connectivity index (χ4v) is 4.33. The lowest BCUT2D eigenvalue weighted by atomic mass is 9.75. The fraction of sp³-hybridized carbons (Fsp3) is 0.688. The van der Waals surface area contributed by atoms with E-state index >= 15 is 0 Å².